The van der Waals surface area contributed by atoms with Crippen LogP contribution in [0.2, 0.25) is 0 Å². The minimum absolute atomic E-state index is 0.153. The van der Waals surface area contributed by atoms with E-state index in [-0.39, 0.29) is 16.2 Å². The largest absolute Gasteiger partial charge is 0.394 e. The first-order chi connectivity index (χ1) is 16.0. The molecule has 0 radical (unpaired) electrons. The highest BCUT2D eigenvalue weighted by molar-refractivity contribution is 9.10. The number of ether oxygens (including phenoxy) is 1. The Morgan fingerprint density at radius 3 is 2.38 bits per heavy atom. The Bertz CT molecular complexity index is 1300. The summed E-state index contributed by atoms with van der Waals surface area (Å²) >= 11 is 3.11. The van der Waals surface area contributed by atoms with Crippen LogP contribution in [0.25, 0.3) is 11.3 Å². The third-order valence-electron chi connectivity index (χ3n) is 5.26. The van der Waals surface area contributed by atoms with Crippen LogP contribution < -0.4 is 0 Å². The highest BCUT2D eigenvalue weighted by Crippen LogP contribution is 2.35. The van der Waals surface area contributed by atoms with E-state index in [1.165, 1.54) is 12.3 Å². The first kappa shape index (κ1) is 24.7. The Morgan fingerprint density at radius 1 is 1.09 bits per heavy atom. The van der Waals surface area contributed by atoms with Gasteiger partial charge in [0.1, 0.15) is 30.0 Å². The molecule has 1 aliphatic rings. The molecule has 0 spiro atoms. The van der Waals surface area contributed by atoms with Gasteiger partial charge in [-0.1, -0.05) is 5.21 Å². The van der Waals surface area contributed by atoms with Crippen molar-refractivity contribution in [1.82, 2.24) is 20.0 Å². The fraction of sp³-hybridized carbons (Fsp3) is 0.316. The van der Waals surface area contributed by atoms with Gasteiger partial charge in [0.05, 0.1) is 17.7 Å². The van der Waals surface area contributed by atoms with Crippen molar-refractivity contribution in [2.75, 3.05) is 6.61 Å². The molecule has 10 nitrogen and oxygen atoms in total. The van der Waals surface area contributed by atoms with E-state index >= 15 is 0 Å². The predicted octanol–water partition coefficient (Wildman–Crippen LogP) is 0.974. The molecule has 1 saturated heterocycles. The second kappa shape index (κ2) is 9.31. The van der Waals surface area contributed by atoms with E-state index in [1.54, 1.807) is 0 Å². The average molecular weight is 565 g/mol. The van der Waals surface area contributed by atoms with E-state index in [4.69, 9.17) is 4.74 Å². The van der Waals surface area contributed by atoms with Crippen LogP contribution in [0.4, 0.5) is 13.2 Å². The molecule has 5 unspecified atom stereocenters. The summed E-state index contributed by atoms with van der Waals surface area (Å²) in [7, 11) is -4.39. The van der Waals surface area contributed by atoms with Crippen LogP contribution in [-0.2, 0) is 14.6 Å². The van der Waals surface area contributed by atoms with E-state index in [9.17, 15) is 36.9 Å². The maximum atomic E-state index is 13.6. The fourth-order valence-corrected chi connectivity index (χ4v) is 5.68. The molecule has 0 saturated carbocycles. The zero-order chi connectivity index (χ0) is 24.8. The maximum Gasteiger partial charge on any atom is 0.209 e. The van der Waals surface area contributed by atoms with Gasteiger partial charge in [0.25, 0.3) is 0 Å². The molecule has 0 bridgehead atoms. The molecule has 4 rings (SSSR count). The first-order valence-corrected chi connectivity index (χ1v) is 11.9. The third-order valence-corrected chi connectivity index (χ3v) is 7.57. The van der Waals surface area contributed by atoms with E-state index in [0.717, 1.165) is 17.1 Å². The highest BCUT2D eigenvalue weighted by Gasteiger charge is 2.51. The van der Waals surface area contributed by atoms with Crippen molar-refractivity contribution in [2.24, 2.45) is 0 Å². The Morgan fingerprint density at radius 2 is 1.76 bits per heavy atom. The normalized spacial score (nSPS) is 25.4. The Labute approximate surface area is 198 Å². The minimum atomic E-state index is -4.39. The van der Waals surface area contributed by atoms with Crippen molar-refractivity contribution in [1.29, 1.82) is 0 Å². The van der Waals surface area contributed by atoms with Crippen LogP contribution in [0.3, 0.4) is 0 Å². The number of hydrogen-bond donors (Lipinski definition) is 3. The van der Waals surface area contributed by atoms with Crippen LogP contribution in [0.5, 0.6) is 0 Å². The van der Waals surface area contributed by atoms with Crippen molar-refractivity contribution in [3.8, 4) is 11.3 Å². The van der Waals surface area contributed by atoms with E-state index in [0.29, 0.717) is 16.6 Å². The molecule has 15 heteroatoms. The fourth-order valence-electron chi connectivity index (χ4n) is 3.58. The molecule has 0 aliphatic carbocycles. The van der Waals surface area contributed by atoms with Gasteiger partial charge < -0.3 is 20.1 Å². The SMILES string of the molecule is O=S(=O)(c1cncc(Br)c1)C1OC(CO)C(O)C(n2cc(-c3cc(F)c(F)c(F)c3)nn2)C1O. The van der Waals surface area contributed by atoms with Gasteiger partial charge in [0, 0.05) is 22.4 Å². The van der Waals surface area contributed by atoms with Gasteiger partial charge in [-0.25, -0.2) is 26.3 Å². The summed E-state index contributed by atoms with van der Waals surface area (Å²) in [6.45, 7) is -0.803. The zero-order valence-corrected chi connectivity index (χ0v) is 19.2. The number of sulfone groups is 1. The number of aliphatic hydroxyl groups excluding tert-OH is 3. The van der Waals surface area contributed by atoms with Gasteiger partial charge in [-0.3, -0.25) is 4.98 Å². The Balaban J connectivity index is 1.73. The van der Waals surface area contributed by atoms with Crippen LogP contribution in [0, 0.1) is 17.5 Å². The molecular weight excluding hydrogens is 549 g/mol. The van der Waals surface area contributed by atoms with Crippen LogP contribution in [-0.4, -0.2) is 74.1 Å². The summed E-state index contributed by atoms with van der Waals surface area (Å²) in [6, 6.07) is 1.08. The zero-order valence-electron chi connectivity index (χ0n) is 16.8. The number of rotatable bonds is 5. The number of nitrogens with zero attached hydrogens (tertiary/aromatic N) is 4. The van der Waals surface area contributed by atoms with Crippen LogP contribution in [0.1, 0.15) is 6.04 Å². The summed E-state index contributed by atoms with van der Waals surface area (Å²) in [5, 5.41) is 38.6. The summed E-state index contributed by atoms with van der Waals surface area (Å²) in [6.07, 6.45) is -1.55. The number of halogens is 4. The lowest BCUT2D eigenvalue weighted by Gasteiger charge is -2.41. The molecule has 1 aliphatic heterocycles. The summed E-state index contributed by atoms with van der Waals surface area (Å²) in [5.74, 6) is -4.61. The van der Waals surface area contributed by atoms with Gasteiger partial charge >= 0.3 is 0 Å². The Kier molecular flexibility index (Phi) is 6.76. The van der Waals surface area contributed by atoms with Gasteiger partial charge in [-0.05, 0) is 34.1 Å². The minimum Gasteiger partial charge on any atom is -0.394 e. The lowest BCUT2D eigenvalue weighted by molar-refractivity contribution is -0.180. The topological polar surface area (TPSA) is 148 Å². The quantitative estimate of drug-likeness (QED) is 0.385. The number of aromatic nitrogens is 4. The van der Waals surface area contributed by atoms with Gasteiger partial charge in [0.15, 0.2) is 22.9 Å². The van der Waals surface area contributed by atoms with Crippen molar-refractivity contribution < 1.29 is 41.6 Å². The second-order valence-corrected chi connectivity index (χ2v) is 10.4. The smallest absolute Gasteiger partial charge is 0.209 e. The molecule has 3 aromatic rings. The maximum absolute atomic E-state index is 13.6. The molecule has 1 aromatic carbocycles. The lowest BCUT2D eigenvalue weighted by Crippen LogP contribution is -2.58. The molecule has 3 heterocycles. The lowest BCUT2D eigenvalue weighted by atomic mass is 9.97. The van der Waals surface area contributed by atoms with Gasteiger partial charge in [-0.15, -0.1) is 5.10 Å². The number of aliphatic hydroxyl groups is 3. The molecule has 1 fully saturated rings. The van der Waals surface area contributed by atoms with E-state index < -0.39 is 63.7 Å². The summed E-state index contributed by atoms with van der Waals surface area (Å²) < 4.78 is 73.4. The van der Waals surface area contributed by atoms with Gasteiger partial charge in [0.2, 0.25) is 9.84 Å². The second-order valence-electron chi connectivity index (χ2n) is 7.42. The highest BCUT2D eigenvalue weighted by atomic mass is 79.9. The first-order valence-electron chi connectivity index (χ1n) is 9.58. The number of hydrogen-bond acceptors (Lipinski definition) is 9. The van der Waals surface area contributed by atoms with Crippen molar-refractivity contribution in [3.63, 3.8) is 0 Å². The molecule has 0 amide bonds. The van der Waals surface area contributed by atoms with Crippen LogP contribution >= 0.6 is 15.9 Å². The molecule has 2 aromatic heterocycles. The van der Waals surface area contributed by atoms with Crippen molar-refractivity contribution in [2.45, 2.75) is 34.7 Å². The predicted molar refractivity (Wildman–Crippen MR) is 111 cm³/mol. The summed E-state index contributed by atoms with van der Waals surface area (Å²) in [4.78, 5) is 3.48. The average Bonchev–Trinajstić information content (AvgIpc) is 3.27. The molecule has 182 valence electrons. The number of pyridine rings is 1. The summed E-state index contributed by atoms with van der Waals surface area (Å²) in [5.41, 5.74) is -2.29. The molecule has 34 heavy (non-hydrogen) atoms. The van der Waals surface area contributed by atoms with Crippen molar-refractivity contribution in [3.05, 3.63) is 58.7 Å². The third kappa shape index (κ3) is 4.34. The monoisotopic (exact) mass is 564 g/mol. The van der Waals surface area contributed by atoms with E-state index in [2.05, 4.69) is 31.2 Å². The van der Waals surface area contributed by atoms with E-state index in [1.807, 2.05) is 0 Å². The number of benzene rings is 1. The Hall–Kier alpha value is -2.43. The van der Waals surface area contributed by atoms with Crippen LogP contribution in [0.15, 0.2) is 46.2 Å². The van der Waals surface area contributed by atoms with Gasteiger partial charge in [-0.2, -0.15) is 0 Å². The molecule has 3 N–H and O–H groups in total. The molecular formula is C19H16BrF3N4O6S. The molecule has 5 atom stereocenters. The standard InChI is InChI=1S/C19H16BrF3N4O6S/c20-9-3-10(5-24-4-9)34(31,32)19-18(30)16(17(29)14(7-28)33-19)27-6-13(25-26-27)8-1-11(21)15(23)12(22)2-8/h1-6,14,16-19,28-30H,7H2. The van der Waals surface area contributed by atoms with Crippen molar-refractivity contribution >= 4 is 25.8 Å².